The number of hydrogen-bond donors (Lipinski definition) is 2. The largest absolute Gasteiger partial charge is 0.508 e. The third-order valence-corrected chi connectivity index (χ3v) is 10.5. The van der Waals surface area contributed by atoms with Gasteiger partial charge in [0, 0.05) is 37.7 Å². The van der Waals surface area contributed by atoms with E-state index in [2.05, 4.69) is 29.0 Å². The van der Waals surface area contributed by atoms with Crippen LogP contribution >= 0.6 is 0 Å². The summed E-state index contributed by atoms with van der Waals surface area (Å²) in [5.41, 5.74) is 1.67. The van der Waals surface area contributed by atoms with Gasteiger partial charge in [-0.2, -0.15) is 9.97 Å². The van der Waals surface area contributed by atoms with Crippen LogP contribution in [0.1, 0.15) is 45.1 Å². The topological polar surface area (TPSA) is 83.0 Å². The number of piperazine rings is 1. The van der Waals surface area contributed by atoms with Gasteiger partial charge in [-0.3, -0.25) is 4.90 Å². The Morgan fingerprint density at radius 1 is 1.13 bits per heavy atom. The van der Waals surface area contributed by atoms with Crippen molar-refractivity contribution in [3.63, 3.8) is 0 Å². The molecule has 4 aliphatic rings. The second kappa shape index (κ2) is 10.9. The highest BCUT2D eigenvalue weighted by Crippen LogP contribution is 2.46. The molecule has 0 bridgehead atoms. The van der Waals surface area contributed by atoms with E-state index < -0.39 is 12.0 Å². The third kappa shape index (κ3) is 4.67. The molecular formula is C35H39F2N5O3. The van der Waals surface area contributed by atoms with Crippen LogP contribution in [0.15, 0.2) is 36.4 Å². The van der Waals surface area contributed by atoms with Crippen LogP contribution in [0.3, 0.4) is 0 Å². The molecule has 4 atom stereocenters. The summed E-state index contributed by atoms with van der Waals surface area (Å²) in [7, 11) is 0. The van der Waals surface area contributed by atoms with Gasteiger partial charge in [0.05, 0.1) is 17.0 Å². The second-order valence-electron chi connectivity index (χ2n) is 13.1. The Balaban J connectivity index is 1.32. The summed E-state index contributed by atoms with van der Waals surface area (Å²) >= 11 is 0. The molecule has 0 spiro atoms. The van der Waals surface area contributed by atoms with E-state index in [4.69, 9.17) is 19.4 Å². The minimum atomic E-state index is -0.881. The van der Waals surface area contributed by atoms with Crippen LogP contribution in [-0.4, -0.2) is 83.2 Å². The number of nitrogens with zero attached hydrogens (tertiary/aromatic N) is 4. The maximum Gasteiger partial charge on any atom is 0.319 e. The van der Waals surface area contributed by atoms with Crippen molar-refractivity contribution in [3.8, 4) is 28.6 Å². The number of nitrogens with one attached hydrogen (secondary N) is 1. The number of benzene rings is 3. The standard InChI is InChI=1S/C35H39F2N5O3/c1-3-20-7-5-8-21-11-25(43)12-26(29(20)21)27-13-28-30-32(31(27)37)39-34(45-19-35-9-6-10-41(35)16-22(36)14-35)40-33(30)42-17-23(4-2)38-15-24(42)18-44-28/h5,7-8,11-13,22-24,38,43H,3-4,6,9-10,14-19H2,1-2H3/t22-,23?,24+,35+/m0/s1. The molecule has 8 nitrogen and oxygen atoms in total. The zero-order valence-electron chi connectivity index (χ0n) is 25.8. The van der Waals surface area contributed by atoms with E-state index in [1.165, 1.54) is 0 Å². The Bertz CT molecular complexity index is 1800. The predicted octanol–water partition coefficient (Wildman–Crippen LogP) is 5.76. The van der Waals surface area contributed by atoms with Crippen molar-refractivity contribution >= 4 is 27.5 Å². The third-order valence-electron chi connectivity index (χ3n) is 10.5. The number of alkyl halides is 1. The summed E-state index contributed by atoms with van der Waals surface area (Å²) in [5.74, 6) is 0.645. The second-order valence-corrected chi connectivity index (χ2v) is 13.1. The Morgan fingerprint density at radius 2 is 2.02 bits per heavy atom. The smallest absolute Gasteiger partial charge is 0.319 e. The molecule has 1 aromatic heterocycles. The Kier molecular flexibility index (Phi) is 6.98. The van der Waals surface area contributed by atoms with Gasteiger partial charge in [0.15, 0.2) is 5.82 Å². The number of halogens is 2. The number of ether oxygens (including phenoxy) is 2. The van der Waals surface area contributed by atoms with Crippen LogP contribution in [0.25, 0.3) is 32.8 Å². The van der Waals surface area contributed by atoms with Crippen LogP contribution in [0, 0.1) is 5.82 Å². The van der Waals surface area contributed by atoms with Gasteiger partial charge in [-0.05, 0) is 72.3 Å². The average molecular weight is 616 g/mol. The summed E-state index contributed by atoms with van der Waals surface area (Å²) in [6.45, 7) is 7.53. The number of phenolic OH excluding ortho intramolecular Hbond substituents is 1. The molecular weight excluding hydrogens is 576 g/mol. The van der Waals surface area contributed by atoms with Crippen LogP contribution < -0.4 is 19.7 Å². The molecule has 3 fully saturated rings. The summed E-state index contributed by atoms with van der Waals surface area (Å²) in [6.07, 6.45) is 3.08. The molecule has 236 valence electrons. The highest BCUT2D eigenvalue weighted by molar-refractivity contribution is 6.05. The Labute approximate surface area is 261 Å². The number of anilines is 1. The Hall–Kier alpha value is -3.76. The molecule has 45 heavy (non-hydrogen) atoms. The highest BCUT2D eigenvalue weighted by atomic mass is 19.1. The average Bonchev–Trinajstić information content (AvgIpc) is 3.52. The molecule has 4 aliphatic heterocycles. The van der Waals surface area contributed by atoms with Crippen molar-refractivity contribution in [1.29, 1.82) is 0 Å². The fraction of sp³-hybridized carbons (Fsp3) is 0.486. The molecule has 10 heteroatoms. The maximum atomic E-state index is 17.1. The molecule has 0 amide bonds. The van der Waals surface area contributed by atoms with E-state index in [1.807, 2.05) is 18.2 Å². The number of aromatic hydroxyl groups is 1. The lowest BCUT2D eigenvalue weighted by Crippen LogP contribution is -2.58. The van der Waals surface area contributed by atoms with Crippen LogP contribution in [0.2, 0.25) is 0 Å². The van der Waals surface area contributed by atoms with Gasteiger partial charge in [-0.15, -0.1) is 0 Å². The molecule has 1 unspecified atom stereocenters. The van der Waals surface area contributed by atoms with E-state index in [0.717, 1.165) is 48.6 Å². The molecule has 0 saturated carbocycles. The fourth-order valence-electron chi connectivity index (χ4n) is 8.17. The molecule has 3 saturated heterocycles. The molecule has 5 heterocycles. The first-order valence-electron chi connectivity index (χ1n) is 16.3. The SMILES string of the molecule is CCc1cccc2cc(O)cc(-c3cc4c5c(nc(OC[C@]67CCCN6C[C@@H](F)C7)nc5c3F)N3CC(CC)NC[C@@H]3CO4)c12. The minimum absolute atomic E-state index is 0.0167. The van der Waals surface area contributed by atoms with E-state index >= 15 is 4.39 Å². The van der Waals surface area contributed by atoms with Crippen molar-refractivity contribution in [2.24, 2.45) is 0 Å². The molecule has 2 N–H and O–H groups in total. The summed E-state index contributed by atoms with van der Waals surface area (Å²) in [4.78, 5) is 14.1. The molecule has 8 rings (SSSR count). The number of aryl methyl sites for hydroxylation is 1. The van der Waals surface area contributed by atoms with Crippen LogP contribution in [-0.2, 0) is 6.42 Å². The van der Waals surface area contributed by atoms with E-state index in [-0.39, 0.29) is 41.5 Å². The number of aromatic nitrogens is 2. The van der Waals surface area contributed by atoms with Crippen LogP contribution in [0.4, 0.5) is 14.6 Å². The van der Waals surface area contributed by atoms with Crippen molar-refractivity contribution in [2.45, 2.75) is 69.7 Å². The predicted molar refractivity (Wildman–Crippen MR) is 171 cm³/mol. The Morgan fingerprint density at radius 3 is 2.87 bits per heavy atom. The van der Waals surface area contributed by atoms with E-state index in [9.17, 15) is 9.50 Å². The van der Waals surface area contributed by atoms with Crippen molar-refractivity contribution < 1.29 is 23.4 Å². The molecule has 4 aromatic rings. The normalized spacial score (nSPS) is 26.1. The summed E-state index contributed by atoms with van der Waals surface area (Å²) < 4.78 is 44.4. The molecule has 3 aromatic carbocycles. The number of phenols is 1. The van der Waals surface area contributed by atoms with Crippen molar-refractivity contribution in [2.75, 3.05) is 44.3 Å². The molecule has 0 radical (unpaired) electrons. The lowest BCUT2D eigenvalue weighted by atomic mass is 9.92. The number of fused-ring (bicyclic) bond motifs is 4. The zero-order chi connectivity index (χ0) is 30.9. The molecule has 0 aliphatic carbocycles. The lowest BCUT2D eigenvalue weighted by molar-refractivity contribution is 0.107. The van der Waals surface area contributed by atoms with Crippen molar-refractivity contribution in [1.82, 2.24) is 20.2 Å². The summed E-state index contributed by atoms with van der Waals surface area (Å²) in [5, 5.41) is 16.6. The van der Waals surface area contributed by atoms with Crippen molar-refractivity contribution in [3.05, 3.63) is 47.8 Å². The van der Waals surface area contributed by atoms with Gasteiger partial charge < -0.3 is 24.8 Å². The minimum Gasteiger partial charge on any atom is -0.508 e. The highest BCUT2D eigenvalue weighted by Gasteiger charge is 2.49. The van der Waals surface area contributed by atoms with Gasteiger partial charge in [0.25, 0.3) is 0 Å². The van der Waals surface area contributed by atoms with Gasteiger partial charge in [-0.1, -0.05) is 32.0 Å². The first-order valence-corrected chi connectivity index (χ1v) is 16.3. The lowest BCUT2D eigenvalue weighted by Gasteiger charge is -2.39. The number of hydrogen-bond acceptors (Lipinski definition) is 8. The van der Waals surface area contributed by atoms with Gasteiger partial charge in [0.2, 0.25) is 0 Å². The van der Waals surface area contributed by atoms with E-state index in [0.29, 0.717) is 60.7 Å². The quantitative estimate of drug-likeness (QED) is 0.283. The first-order chi connectivity index (χ1) is 21.9. The number of rotatable bonds is 6. The monoisotopic (exact) mass is 615 g/mol. The summed E-state index contributed by atoms with van der Waals surface area (Å²) in [6, 6.07) is 11.3. The van der Waals surface area contributed by atoms with Gasteiger partial charge in [0.1, 0.15) is 42.2 Å². The van der Waals surface area contributed by atoms with Gasteiger partial charge >= 0.3 is 6.01 Å². The fourth-order valence-corrected chi connectivity index (χ4v) is 8.17. The van der Waals surface area contributed by atoms with Crippen LogP contribution in [0.5, 0.6) is 17.5 Å². The first kappa shape index (κ1) is 28.7. The zero-order valence-corrected chi connectivity index (χ0v) is 25.8. The van der Waals surface area contributed by atoms with Gasteiger partial charge in [-0.25, -0.2) is 8.78 Å². The maximum absolute atomic E-state index is 17.1. The van der Waals surface area contributed by atoms with E-state index in [1.54, 1.807) is 18.2 Å².